The standard InChI is InChI=1S/C17H14N4O2S2/c1-10-2-3-12-13(8-10)25-17(18-12)19-14(22)4-5-15-20-21-16(23-15)11-6-7-24-9-11/h2-3,6-9H,4-5H2,1H3,(H,18,19,22). The van der Waals surface area contributed by atoms with Crippen LogP contribution >= 0.6 is 22.7 Å². The smallest absolute Gasteiger partial charge is 0.248 e. The van der Waals surface area contributed by atoms with E-state index >= 15 is 0 Å². The topological polar surface area (TPSA) is 80.9 Å². The number of thiazole rings is 1. The SMILES string of the molecule is Cc1ccc2nc(NC(=O)CCc3nnc(-c4ccsc4)o3)sc2c1. The van der Waals surface area contributed by atoms with Crippen LogP contribution in [-0.2, 0) is 11.2 Å². The van der Waals surface area contributed by atoms with Crippen LogP contribution in [0.5, 0.6) is 0 Å². The van der Waals surface area contributed by atoms with Gasteiger partial charge in [-0.15, -0.1) is 10.2 Å². The Hall–Kier alpha value is -2.58. The maximum absolute atomic E-state index is 12.1. The van der Waals surface area contributed by atoms with Crippen molar-refractivity contribution in [3.63, 3.8) is 0 Å². The third kappa shape index (κ3) is 3.59. The van der Waals surface area contributed by atoms with Gasteiger partial charge in [-0.2, -0.15) is 11.3 Å². The highest BCUT2D eigenvalue weighted by molar-refractivity contribution is 7.22. The Labute approximate surface area is 151 Å². The lowest BCUT2D eigenvalue weighted by Gasteiger charge is -1.98. The summed E-state index contributed by atoms with van der Waals surface area (Å²) in [5.74, 6) is 0.820. The Morgan fingerprint density at radius 1 is 1.28 bits per heavy atom. The molecule has 3 heterocycles. The first-order valence-electron chi connectivity index (χ1n) is 7.69. The molecule has 0 bridgehead atoms. The lowest BCUT2D eigenvalue weighted by Crippen LogP contribution is -2.12. The van der Waals surface area contributed by atoms with Gasteiger partial charge in [0, 0.05) is 23.8 Å². The van der Waals surface area contributed by atoms with Crippen LogP contribution in [0.25, 0.3) is 21.7 Å². The number of aromatic nitrogens is 3. The van der Waals surface area contributed by atoms with E-state index in [9.17, 15) is 4.79 Å². The fraction of sp³-hybridized carbons (Fsp3) is 0.176. The summed E-state index contributed by atoms with van der Waals surface area (Å²) < 4.78 is 6.64. The fourth-order valence-corrected chi connectivity index (χ4v) is 3.95. The molecule has 6 nitrogen and oxygen atoms in total. The van der Waals surface area contributed by atoms with E-state index < -0.39 is 0 Å². The average molecular weight is 370 g/mol. The summed E-state index contributed by atoms with van der Waals surface area (Å²) in [6.07, 6.45) is 0.660. The van der Waals surface area contributed by atoms with Gasteiger partial charge >= 0.3 is 0 Å². The summed E-state index contributed by atoms with van der Waals surface area (Å²) in [5.41, 5.74) is 2.97. The molecule has 25 heavy (non-hydrogen) atoms. The molecule has 4 aromatic rings. The summed E-state index contributed by atoms with van der Waals surface area (Å²) in [4.78, 5) is 16.6. The second kappa shape index (κ2) is 6.73. The van der Waals surface area contributed by atoms with Crippen molar-refractivity contribution >= 4 is 43.9 Å². The highest BCUT2D eigenvalue weighted by atomic mass is 32.1. The monoisotopic (exact) mass is 370 g/mol. The lowest BCUT2D eigenvalue weighted by molar-refractivity contribution is -0.116. The molecule has 3 aromatic heterocycles. The molecule has 1 amide bonds. The normalized spacial score (nSPS) is 11.1. The van der Waals surface area contributed by atoms with Crippen LogP contribution < -0.4 is 5.32 Å². The summed E-state index contributed by atoms with van der Waals surface area (Å²) in [7, 11) is 0. The van der Waals surface area contributed by atoms with Crippen molar-refractivity contribution in [1.82, 2.24) is 15.2 Å². The first-order valence-corrected chi connectivity index (χ1v) is 9.45. The van der Waals surface area contributed by atoms with Crippen LogP contribution in [0.3, 0.4) is 0 Å². The molecule has 0 unspecified atom stereocenters. The number of hydrogen-bond acceptors (Lipinski definition) is 7. The molecule has 0 aliphatic carbocycles. The van der Waals surface area contributed by atoms with Gasteiger partial charge in [0.25, 0.3) is 0 Å². The Morgan fingerprint density at radius 2 is 2.20 bits per heavy atom. The number of nitrogens with one attached hydrogen (secondary N) is 1. The molecular formula is C17H14N4O2S2. The molecule has 126 valence electrons. The first kappa shape index (κ1) is 15.9. The Balaban J connectivity index is 1.37. The average Bonchev–Trinajstić information content (AvgIpc) is 3.32. The molecule has 0 saturated heterocycles. The molecule has 0 radical (unpaired) electrons. The number of rotatable bonds is 5. The van der Waals surface area contributed by atoms with Gasteiger partial charge in [0.05, 0.1) is 10.2 Å². The summed E-state index contributed by atoms with van der Waals surface area (Å²) >= 11 is 3.04. The predicted octanol–water partition coefficient (Wildman–Crippen LogP) is 4.29. The van der Waals surface area contributed by atoms with Gasteiger partial charge in [-0.1, -0.05) is 17.4 Å². The highest BCUT2D eigenvalue weighted by Gasteiger charge is 2.12. The van der Waals surface area contributed by atoms with Gasteiger partial charge < -0.3 is 9.73 Å². The van der Waals surface area contributed by atoms with E-state index in [4.69, 9.17) is 4.42 Å². The maximum atomic E-state index is 12.1. The number of anilines is 1. The van der Waals surface area contributed by atoms with Crippen molar-refractivity contribution in [3.05, 3.63) is 46.5 Å². The predicted molar refractivity (Wildman–Crippen MR) is 98.9 cm³/mol. The fourth-order valence-electron chi connectivity index (χ4n) is 2.34. The summed E-state index contributed by atoms with van der Waals surface area (Å²) in [6, 6.07) is 7.95. The quantitative estimate of drug-likeness (QED) is 0.567. The summed E-state index contributed by atoms with van der Waals surface area (Å²) in [5, 5.41) is 15.3. The molecule has 1 aromatic carbocycles. The Morgan fingerprint density at radius 3 is 3.04 bits per heavy atom. The van der Waals surface area contributed by atoms with Crippen LogP contribution in [-0.4, -0.2) is 21.1 Å². The highest BCUT2D eigenvalue weighted by Crippen LogP contribution is 2.27. The molecular weight excluding hydrogens is 356 g/mol. The zero-order valence-corrected chi connectivity index (χ0v) is 15.0. The zero-order chi connectivity index (χ0) is 17.2. The number of aryl methyl sites for hydroxylation is 2. The van der Waals surface area contributed by atoms with Gasteiger partial charge in [0.15, 0.2) is 5.13 Å². The van der Waals surface area contributed by atoms with Gasteiger partial charge in [-0.3, -0.25) is 4.79 Å². The zero-order valence-electron chi connectivity index (χ0n) is 13.4. The van der Waals surface area contributed by atoms with Crippen molar-refractivity contribution in [2.45, 2.75) is 19.8 Å². The van der Waals surface area contributed by atoms with E-state index in [1.165, 1.54) is 16.9 Å². The van der Waals surface area contributed by atoms with Crippen LogP contribution in [0, 0.1) is 6.92 Å². The molecule has 0 atom stereocenters. The van der Waals surface area contributed by atoms with Crippen LogP contribution in [0.2, 0.25) is 0 Å². The maximum Gasteiger partial charge on any atom is 0.248 e. The van der Waals surface area contributed by atoms with Crippen molar-refractivity contribution in [3.8, 4) is 11.5 Å². The van der Waals surface area contributed by atoms with E-state index in [0.29, 0.717) is 23.3 Å². The van der Waals surface area contributed by atoms with Gasteiger partial charge in [0.1, 0.15) is 0 Å². The van der Waals surface area contributed by atoms with E-state index in [0.717, 1.165) is 15.8 Å². The summed E-state index contributed by atoms with van der Waals surface area (Å²) in [6.45, 7) is 2.03. The van der Waals surface area contributed by atoms with Crippen LogP contribution in [0.1, 0.15) is 17.9 Å². The number of nitrogens with zero attached hydrogens (tertiary/aromatic N) is 3. The minimum atomic E-state index is -0.119. The van der Waals surface area contributed by atoms with E-state index in [1.54, 1.807) is 11.3 Å². The Kier molecular flexibility index (Phi) is 4.29. The van der Waals surface area contributed by atoms with Crippen molar-refractivity contribution in [2.75, 3.05) is 5.32 Å². The second-order valence-corrected chi connectivity index (χ2v) is 7.36. The Bertz CT molecular complexity index is 1020. The van der Waals surface area contributed by atoms with E-state index in [1.807, 2.05) is 35.9 Å². The van der Waals surface area contributed by atoms with E-state index in [2.05, 4.69) is 26.6 Å². The molecule has 0 saturated carbocycles. The molecule has 1 N–H and O–H groups in total. The third-order valence-electron chi connectivity index (χ3n) is 3.59. The molecule has 0 aliphatic heterocycles. The van der Waals surface area contributed by atoms with Gasteiger partial charge in [-0.25, -0.2) is 4.98 Å². The second-order valence-electron chi connectivity index (χ2n) is 5.55. The molecule has 8 heteroatoms. The largest absolute Gasteiger partial charge is 0.421 e. The number of amides is 1. The molecule has 0 fully saturated rings. The lowest BCUT2D eigenvalue weighted by atomic mass is 10.2. The minimum Gasteiger partial charge on any atom is -0.421 e. The van der Waals surface area contributed by atoms with Crippen molar-refractivity contribution < 1.29 is 9.21 Å². The van der Waals surface area contributed by atoms with Crippen LogP contribution in [0.15, 0.2) is 39.4 Å². The van der Waals surface area contributed by atoms with Crippen molar-refractivity contribution in [2.24, 2.45) is 0 Å². The molecule has 0 spiro atoms. The van der Waals surface area contributed by atoms with Crippen LogP contribution in [0.4, 0.5) is 5.13 Å². The van der Waals surface area contributed by atoms with E-state index in [-0.39, 0.29) is 12.3 Å². The number of hydrogen-bond donors (Lipinski definition) is 1. The molecule has 0 aliphatic rings. The number of carbonyl (C=O) groups is 1. The molecule has 4 rings (SSSR count). The third-order valence-corrected chi connectivity index (χ3v) is 5.21. The number of thiophene rings is 1. The first-order chi connectivity index (χ1) is 12.2. The van der Waals surface area contributed by atoms with Gasteiger partial charge in [0.2, 0.25) is 17.7 Å². The van der Waals surface area contributed by atoms with Crippen molar-refractivity contribution in [1.29, 1.82) is 0 Å². The van der Waals surface area contributed by atoms with Gasteiger partial charge in [-0.05, 0) is 36.1 Å². The number of fused-ring (bicyclic) bond motifs is 1. The number of carbonyl (C=O) groups excluding carboxylic acids is 1. The minimum absolute atomic E-state index is 0.119. The number of benzene rings is 1.